The molecule has 0 aliphatic carbocycles. The summed E-state index contributed by atoms with van der Waals surface area (Å²) in [6.45, 7) is 3.68. The van der Waals surface area contributed by atoms with Crippen molar-refractivity contribution in [3.05, 3.63) is 28.0 Å². The van der Waals surface area contributed by atoms with E-state index in [1.807, 2.05) is 4.90 Å². The molecule has 0 saturated carbocycles. The van der Waals surface area contributed by atoms with Gasteiger partial charge in [0.05, 0.1) is 36.5 Å². The molecule has 1 fully saturated rings. The molecule has 1 aliphatic rings. The topological polar surface area (TPSA) is 116 Å². The highest BCUT2D eigenvalue weighted by Crippen LogP contribution is 2.35. The van der Waals surface area contributed by atoms with Crippen molar-refractivity contribution in [1.82, 2.24) is 20.1 Å². The third kappa shape index (κ3) is 6.84. The Bertz CT molecular complexity index is 962. The normalized spacial score (nSPS) is 14.1. The van der Waals surface area contributed by atoms with Crippen molar-refractivity contribution in [2.75, 3.05) is 77.0 Å². The van der Waals surface area contributed by atoms with Crippen LogP contribution in [-0.4, -0.2) is 92.3 Å². The van der Waals surface area contributed by atoms with Crippen LogP contribution < -0.4 is 10.6 Å². The fraction of sp³-hybridized carbons (Fsp3) is 0.500. The maximum Gasteiger partial charge on any atom is 0.248 e. The van der Waals surface area contributed by atoms with E-state index in [4.69, 9.17) is 43.1 Å². The number of nitrogen functional groups attached to an aromatic ring is 1. The first-order chi connectivity index (χ1) is 15.9. The number of nitrogens with two attached hydrogens (primary N) is 1. The number of piperazine rings is 1. The number of aromatic nitrogens is 3. The number of amides is 1. The highest BCUT2D eigenvalue weighted by atomic mass is 35.5. The lowest BCUT2D eigenvalue weighted by atomic mass is 10.1. The molecule has 180 valence electrons. The number of methoxy groups -OCH3 is 1. The average molecular weight is 503 g/mol. The fourth-order valence-corrected chi connectivity index (χ4v) is 3.56. The zero-order valence-corrected chi connectivity index (χ0v) is 19.6. The van der Waals surface area contributed by atoms with Gasteiger partial charge in [0.1, 0.15) is 18.1 Å². The number of carbonyl (C=O) groups excluding carboxylic acids is 1. The molecule has 10 nitrogen and oxygen atoms in total. The Balaban J connectivity index is 1.51. The Labute approximate surface area is 200 Å². The summed E-state index contributed by atoms with van der Waals surface area (Å²) in [4.78, 5) is 20.2. The van der Waals surface area contributed by atoms with E-state index in [1.54, 1.807) is 12.0 Å². The van der Waals surface area contributed by atoms with Gasteiger partial charge in [-0.05, 0) is 12.1 Å². The largest absolute Gasteiger partial charge is 0.382 e. The molecule has 0 radical (unpaired) electrons. The number of nitrogens with zero attached hydrogens (tertiary/aromatic N) is 5. The minimum Gasteiger partial charge on any atom is -0.382 e. The van der Waals surface area contributed by atoms with Gasteiger partial charge in [-0.1, -0.05) is 23.2 Å². The number of halogens is 3. The van der Waals surface area contributed by atoms with Gasteiger partial charge in [-0.3, -0.25) is 4.79 Å². The number of rotatable bonds is 10. The van der Waals surface area contributed by atoms with Crippen molar-refractivity contribution >= 4 is 40.9 Å². The van der Waals surface area contributed by atoms with Crippen LogP contribution in [0.25, 0.3) is 11.3 Å². The van der Waals surface area contributed by atoms with Gasteiger partial charge in [-0.25, -0.2) is 4.39 Å². The van der Waals surface area contributed by atoms with Gasteiger partial charge in [0.2, 0.25) is 11.9 Å². The van der Waals surface area contributed by atoms with Crippen molar-refractivity contribution in [3.8, 4) is 11.3 Å². The smallest absolute Gasteiger partial charge is 0.248 e. The van der Waals surface area contributed by atoms with E-state index in [2.05, 4.69) is 15.2 Å². The summed E-state index contributed by atoms with van der Waals surface area (Å²) < 4.78 is 29.3. The summed E-state index contributed by atoms with van der Waals surface area (Å²) in [5.74, 6) is -0.319. The van der Waals surface area contributed by atoms with Gasteiger partial charge in [-0.2, -0.15) is 4.98 Å². The molecule has 0 atom stereocenters. The van der Waals surface area contributed by atoms with Crippen LogP contribution >= 0.6 is 23.2 Å². The zero-order valence-electron chi connectivity index (χ0n) is 18.1. The second-order valence-corrected chi connectivity index (χ2v) is 7.91. The van der Waals surface area contributed by atoms with Crippen LogP contribution in [0.3, 0.4) is 0 Å². The highest BCUT2D eigenvalue weighted by molar-refractivity contribution is 6.43. The van der Waals surface area contributed by atoms with Crippen molar-refractivity contribution < 1.29 is 23.4 Å². The summed E-state index contributed by atoms with van der Waals surface area (Å²) in [5.41, 5.74) is 6.40. The fourth-order valence-electron chi connectivity index (χ4n) is 3.15. The zero-order chi connectivity index (χ0) is 23.8. The summed E-state index contributed by atoms with van der Waals surface area (Å²) in [5, 5.41) is 8.36. The van der Waals surface area contributed by atoms with Crippen LogP contribution in [0, 0.1) is 5.82 Å². The van der Waals surface area contributed by atoms with Gasteiger partial charge in [0.25, 0.3) is 0 Å². The van der Waals surface area contributed by atoms with Crippen LogP contribution in [0.2, 0.25) is 10.0 Å². The molecule has 0 unspecified atom stereocenters. The molecule has 1 amide bonds. The Kier molecular flexibility index (Phi) is 9.39. The maximum atomic E-state index is 13.7. The first kappa shape index (κ1) is 25.3. The lowest BCUT2D eigenvalue weighted by Gasteiger charge is -2.34. The van der Waals surface area contributed by atoms with Gasteiger partial charge in [0, 0.05) is 38.9 Å². The van der Waals surface area contributed by atoms with Crippen molar-refractivity contribution in [1.29, 1.82) is 0 Å². The minimum absolute atomic E-state index is 0.00963. The number of ether oxygens (including phenoxy) is 3. The second-order valence-electron chi connectivity index (χ2n) is 7.12. The molecular weight excluding hydrogens is 478 g/mol. The molecular formula is C20H25Cl2FN6O4. The Morgan fingerprint density at radius 3 is 2.48 bits per heavy atom. The second kappa shape index (κ2) is 12.2. The van der Waals surface area contributed by atoms with Crippen molar-refractivity contribution in [2.24, 2.45) is 0 Å². The molecule has 3 rings (SSSR count). The number of carbonyl (C=O) groups is 1. The van der Waals surface area contributed by atoms with E-state index in [0.29, 0.717) is 58.6 Å². The number of hydrogen-bond donors (Lipinski definition) is 1. The molecule has 0 spiro atoms. The lowest BCUT2D eigenvalue weighted by Crippen LogP contribution is -2.50. The van der Waals surface area contributed by atoms with E-state index in [9.17, 15) is 9.18 Å². The van der Waals surface area contributed by atoms with Crippen LogP contribution in [0.4, 0.5) is 16.2 Å². The SMILES string of the molecule is COCCOCCOCC(=O)N1CCN(c2nnc(-c3cc(F)cc(Cl)c3Cl)c(N)n2)CC1. The number of anilines is 2. The molecule has 0 bridgehead atoms. The third-order valence-electron chi connectivity index (χ3n) is 4.90. The molecule has 1 aromatic heterocycles. The van der Waals surface area contributed by atoms with E-state index in [1.165, 1.54) is 6.07 Å². The van der Waals surface area contributed by atoms with Gasteiger partial charge < -0.3 is 29.7 Å². The highest BCUT2D eigenvalue weighted by Gasteiger charge is 2.24. The first-order valence-corrected chi connectivity index (χ1v) is 11.0. The van der Waals surface area contributed by atoms with Crippen molar-refractivity contribution in [2.45, 2.75) is 0 Å². The summed E-state index contributed by atoms with van der Waals surface area (Å²) in [6.07, 6.45) is 0. The van der Waals surface area contributed by atoms with E-state index < -0.39 is 5.82 Å². The maximum absolute atomic E-state index is 13.7. The lowest BCUT2D eigenvalue weighted by molar-refractivity contribution is -0.137. The molecule has 2 N–H and O–H groups in total. The monoisotopic (exact) mass is 502 g/mol. The first-order valence-electron chi connectivity index (χ1n) is 10.2. The Hall–Kier alpha value is -2.31. The Morgan fingerprint density at radius 2 is 1.79 bits per heavy atom. The van der Waals surface area contributed by atoms with Crippen LogP contribution in [0.5, 0.6) is 0 Å². The average Bonchev–Trinajstić information content (AvgIpc) is 2.81. The molecule has 1 aliphatic heterocycles. The predicted molar refractivity (Wildman–Crippen MR) is 122 cm³/mol. The van der Waals surface area contributed by atoms with E-state index in [-0.39, 0.29) is 39.6 Å². The molecule has 1 aromatic carbocycles. The summed E-state index contributed by atoms with van der Waals surface area (Å²) in [7, 11) is 1.60. The summed E-state index contributed by atoms with van der Waals surface area (Å²) in [6, 6.07) is 2.27. The number of hydrogen-bond acceptors (Lipinski definition) is 9. The predicted octanol–water partition coefficient (Wildman–Crippen LogP) is 1.89. The molecule has 13 heteroatoms. The molecule has 2 aromatic rings. The van der Waals surface area contributed by atoms with E-state index >= 15 is 0 Å². The minimum atomic E-state index is -0.576. The van der Waals surface area contributed by atoms with Gasteiger partial charge in [-0.15, -0.1) is 10.2 Å². The van der Waals surface area contributed by atoms with Crippen LogP contribution in [0.15, 0.2) is 12.1 Å². The third-order valence-corrected chi connectivity index (χ3v) is 5.70. The summed E-state index contributed by atoms with van der Waals surface area (Å²) >= 11 is 12.1. The van der Waals surface area contributed by atoms with Crippen LogP contribution in [-0.2, 0) is 19.0 Å². The molecule has 33 heavy (non-hydrogen) atoms. The van der Waals surface area contributed by atoms with Crippen LogP contribution in [0.1, 0.15) is 0 Å². The Morgan fingerprint density at radius 1 is 1.09 bits per heavy atom. The molecule has 2 heterocycles. The van der Waals surface area contributed by atoms with Gasteiger partial charge in [0.15, 0.2) is 5.82 Å². The molecule has 1 saturated heterocycles. The van der Waals surface area contributed by atoms with Gasteiger partial charge >= 0.3 is 0 Å². The quantitative estimate of drug-likeness (QED) is 0.383. The number of benzene rings is 1. The standard InChI is InChI=1S/C20H25Cl2FN6O4/c1-31-6-7-32-8-9-33-12-16(30)28-2-4-29(5-3-28)20-25-19(24)18(26-27-20)14-10-13(23)11-15(21)17(14)22/h10-11H,2-9,12H2,1H3,(H2,24,25,27). The van der Waals surface area contributed by atoms with Crippen molar-refractivity contribution in [3.63, 3.8) is 0 Å². The van der Waals surface area contributed by atoms with E-state index in [0.717, 1.165) is 6.07 Å².